The van der Waals surface area contributed by atoms with Crippen LogP contribution in [0.15, 0.2) is 39.4 Å². The van der Waals surface area contributed by atoms with Gasteiger partial charge in [-0.15, -0.1) is 13.2 Å². The number of aryl methyl sites for hydroxylation is 1. The molecular weight excluding hydrogens is 433 g/mol. The molecule has 2 heterocycles. The van der Waals surface area contributed by atoms with Crippen molar-refractivity contribution in [1.82, 2.24) is 10.3 Å². The molecule has 0 bridgehead atoms. The minimum atomic E-state index is -4.76. The number of hydrogen-bond donors (Lipinski definition) is 2. The van der Waals surface area contributed by atoms with E-state index in [9.17, 15) is 18.0 Å². The number of benzene rings is 1. The van der Waals surface area contributed by atoms with E-state index in [0.29, 0.717) is 22.0 Å². The molecule has 0 atom stereocenters. The van der Waals surface area contributed by atoms with Gasteiger partial charge >= 0.3 is 12.5 Å². The fourth-order valence-electron chi connectivity index (χ4n) is 2.65. The third-order valence-electron chi connectivity index (χ3n) is 3.71. The summed E-state index contributed by atoms with van der Waals surface area (Å²) in [6, 6.07) is 7.14. The third-order valence-corrected chi connectivity index (χ3v) is 4.14. The summed E-state index contributed by atoms with van der Waals surface area (Å²) in [4.78, 5) is 14.8. The lowest BCUT2D eigenvalue weighted by Gasteiger charge is -2.09. The average Bonchev–Trinajstić information content (AvgIpc) is 3.09. The first-order chi connectivity index (χ1) is 12.7. The van der Waals surface area contributed by atoms with E-state index in [1.54, 1.807) is 13.0 Å². The van der Waals surface area contributed by atoms with Gasteiger partial charge in [0.25, 0.3) is 5.95 Å². The molecule has 0 aliphatic carbocycles. The van der Waals surface area contributed by atoms with Crippen molar-refractivity contribution in [2.24, 2.45) is 0 Å². The van der Waals surface area contributed by atoms with Crippen molar-refractivity contribution < 1.29 is 31.9 Å². The molecule has 0 radical (unpaired) electrons. The Bertz CT molecular complexity index is 965. The topological polar surface area (TPSA) is 76.5 Å². The van der Waals surface area contributed by atoms with E-state index in [4.69, 9.17) is 9.15 Å². The molecule has 1 aromatic carbocycles. The number of carbonyl (C=O) groups excluding carboxylic acids is 1. The molecule has 2 N–H and O–H groups in total. The van der Waals surface area contributed by atoms with E-state index in [2.05, 4.69) is 31.0 Å². The lowest BCUT2D eigenvalue weighted by Crippen LogP contribution is -2.28. The summed E-state index contributed by atoms with van der Waals surface area (Å²) in [6.45, 7) is 2.02. The van der Waals surface area contributed by atoms with Crippen LogP contribution in [0.3, 0.4) is 0 Å². The Morgan fingerprint density at radius 2 is 2.07 bits per heavy atom. The highest BCUT2D eigenvalue weighted by molar-refractivity contribution is 9.10. The molecular formula is C17H14BrF3N2O4. The Hall–Kier alpha value is -2.62. The SMILES string of the molecule is Cc1[nH]c2ccc(OC(F)(F)F)cc2c1CCNC(=O)Oc1ccc(Br)o1. The quantitative estimate of drug-likeness (QED) is 0.574. The summed E-state index contributed by atoms with van der Waals surface area (Å²) >= 11 is 3.09. The van der Waals surface area contributed by atoms with E-state index in [1.165, 1.54) is 24.3 Å². The second-order valence-corrected chi connectivity index (χ2v) is 6.39. The molecule has 6 nitrogen and oxygen atoms in total. The maximum Gasteiger partial charge on any atom is 0.573 e. The molecule has 3 rings (SSSR count). The fourth-order valence-corrected chi connectivity index (χ4v) is 2.94. The maximum atomic E-state index is 12.4. The summed E-state index contributed by atoms with van der Waals surface area (Å²) in [5.41, 5.74) is 2.25. The van der Waals surface area contributed by atoms with Crippen LogP contribution < -0.4 is 14.8 Å². The molecule has 2 aromatic heterocycles. The number of carbonyl (C=O) groups is 1. The van der Waals surface area contributed by atoms with Crippen LogP contribution in [0.25, 0.3) is 10.9 Å². The van der Waals surface area contributed by atoms with Crippen molar-refractivity contribution in [2.75, 3.05) is 6.54 Å². The van der Waals surface area contributed by atoms with E-state index in [1.807, 2.05) is 0 Å². The van der Waals surface area contributed by atoms with Crippen LogP contribution in [0.1, 0.15) is 11.3 Å². The number of hydrogen-bond acceptors (Lipinski definition) is 4. The minimum absolute atomic E-state index is 0.0385. The number of halogens is 4. The molecule has 10 heteroatoms. The first kappa shape index (κ1) is 19.2. The van der Waals surface area contributed by atoms with Crippen LogP contribution in [0.4, 0.5) is 18.0 Å². The molecule has 0 saturated carbocycles. The van der Waals surface area contributed by atoms with Crippen molar-refractivity contribution in [1.29, 1.82) is 0 Å². The van der Waals surface area contributed by atoms with Gasteiger partial charge in [0.15, 0.2) is 4.67 Å². The number of H-pyrrole nitrogens is 1. The van der Waals surface area contributed by atoms with Crippen LogP contribution in [0.2, 0.25) is 0 Å². The normalized spacial score (nSPS) is 11.6. The predicted molar refractivity (Wildman–Crippen MR) is 93.9 cm³/mol. The Balaban J connectivity index is 1.66. The zero-order valence-corrected chi connectivity index (χ0v) is 15.5. The lowest BCUT2D eigenvalue weighted by molar-refractivity contribution is -0.274. The molecule has 1 amide bonds. The minimum Gasteiger partial charge on any atom is -0.418 e. The van der Waals surface area contributed by atoms with Gasteiger partial charge in [-0.3, -0.25) is 0 Å². The van der Waals surface area contributed by atoms with Crippen molar-refractivity contribution in [3.05, 3.63) is 46.3 Å². The number of aromatic nitrogens is 1. The van der Waals surface area contributed by atoms with Crippen molar-refractivity contribution in [3.8, 4) is 11.7 Å². The summed E-state index contributed by atoms with van der Waals surface area (Å²) in [6.07, 6.45) is -5.07. The first-order valence-corrected chi connectivity index (χ1v) is 8.58. The zero-order chi connectivity index (χ0) is 19.6. The summed E-state index contributed by atoms with van der Waals surface area (Å²) in [5.74, 6) is -0.261. The van der Waals surface area contributed by atoms with E-state index in [0.717, 1.165) is 11.3 Å². The Morgan fingerprint density at radius 3 is 2.74 bits per heavy atom. The Morgan fingerprint density at radius 1 is 1.30 bits per heavy atom. The Kier molecular flexibility index (Phi) is 5.36. The van der Waals surface area contributed by atoms with Gasteiger partial charge < -0.3 is 24.2 Å². The number of furan rings is 1. The zero-order valence-electron chi connectivity index (χ0n) is 13.9. The number of amides is 1. The van der Waals surface area contributed by atoms with E-state index in [-0.39, 0.29) is 18.2 Å². The molecule has 0 spiro atoms. The molecule has 0 fully saturated rings. The molecule has 27 heavy (non-hydrogen) atoms. The van der Waals surface area contributed by atoms with Gasteiger partial charge in [-0.1, -0.05) is 0 Å². The van der Waals surface area contributed by atoms with Crippen LogP contribution in [-0.4, -0.2) is 24.0 Å². The van der Waals surface area contributed by atoms with Gasteiger partial charge in [-0.25, -0.2) is 4.79 Å². The monoisotopic (exact) mass is 446 g/mol. The van der Waals surface area contributed by atoms with Gasteiger partial charge in [0, 0.05) is 29.2 Å². The number of ether oxygens (including phenoxy) is 2. The van der Waals surface area contributed by atoms with Crippen LogP contribution in [0.5, 0.6) is 11.7 Å². The van der Waals surface area contributed by atoms with Crippen molar-refractivity contribution in [3.63, 3.8) is 0 Å². The van der Waals surface area contributed by atoms with Crippen LogP contribution >= 0.6 is 15.9 Å². The van der Waals surface area contributed by atoms with E-state index >= 15 is 0 Å². The summed E-state index contributed by atoms with van der Waals surface area (Å²) in [5, 5.41) is 3.16. The lowest BCUT2D eigenvalue weighted by atomic mass is 10.1. The molecule has 3 aromatic rings. The third kappa shape index (κ3) is 4.97. The second-order valence-electron chi connectivity index (χ2n) is 5.61. The van der Waals surface area contributed by atoms with Gasteiger partial charge in [-0.05, 0) is 59.1 Å². The van der Waals surface area contributed by atoms with Crippen molar-refractivity contribution in [2.45, 2.75) is 19.7 Å². The van der Waals surface area contributed by atoms with Gasteiger partial charge in [0.05, 0.1) is 0 Å². The number of fused-ring (bicyclic) bond motifs is 1. The smallest absolute Gasteiger partial charge is 0.418 e. The van der Waals surface area contributed by atoms with Crippen LogP contribution in [0, 0.1) is 6.92 Å². The molecule has 0 unspecified atom stereocenters. The van der Waals surface area contributed by atoms with Gasteiger partial charge in [-0.2, -0.15) is 0 Å². The van der Waals surface area contributed by atoms with Crippen molar-refractivity contribution >= 4 is 32.9 Å². The molecule has 0 aliphatic rings. The molecule has 0 saturated heterocycles. The number of aromatic amines is 1. The highest BCUT2D eigenvalue weighted by Gasteiger charge is 2.31. The largest absolute Gasteiger partial charge is 0.573 e. The summed E-state index contributed by atoms with van der Waals surface area (Å²) < 4.78 is 51.7. The van der Waals surface area contributed by atoms with Crippen LogP contribution in [-0.2, 0) is 6.42 Å². The standard InChI is InChI=1S/C17H14BrF3N2O4/c1-9-11(6-7-22-16(24)26-15-5-4-14(18)25-15)12-8-10(27-17(19,20)21)2-3-13(12)23-9/h2-5,8,23H,6-7H2,1H3,(H,22,24). The number of alkyl halides is 3. The highest BCUT2D eigenvalue weighted by atomic mass is 79.9. The second kappa shape index (κ2) is 7.55. The maximum absolute atomic E-state index is 12.4. The summed E-state index contributed by atoms with van der Waals surface area (Å²) in [7, 11) is 0. The highest BCUT2D eigenvalue weighted by Crippen LogP contribution is 2.30. The predicted octanol–water partition coefficient (Wildman–Crippen LogP) is 5.06. The number of rotatable bonds is 5. The molecule has 144 valence electrons. The average molecular weight is 447 g/mol. The van der Waals surface area contributed by atoms with Gasteiger partial charge in [0.1, 0.15) is 5.75 Å². The first-order valence-electron chi connectivity index (χ1n) is 7.79. The number of nitrogens with one attached hydrogen (secondary N) is 2. The fraction of sp³-hybridized carbons (Fsp3) is 0.235. The molecule has 0 aliphatic heterocycles. The Labute approximate surface area is 159 Å². The van der Waals surface area contributed by atoms with Gasteiger partial charge in [0.2, 0.25) is 0 Å². The van der Waals surface area contributed by atoms with E-state index < -0.39 is 12.5 Å².